The van der Waals surface area contributed by atoms with Crippen LogP contribution < -0.4 is 5.01 Å². The van der Waals surface area contributed by atoms with E-state index in [4.69, 9.17) is 0 Å². The molecule has 0 aliphatic carbocycles. The smallest absolute Gasteiger partial charge is 0.0345 e. The summed E-state index contributed by atoms with van der Waals surface area (Å²) < 4.78 is 2.25. The third-order valence-corrected chi connectivity index (χ3v) is 2.95. The minimum Gasteiger partial charge on any atom is -0.313 e. The lowest BCUT2D eigenvalue weighted by molar-refractivity contribution is 0.670. The molecule has 14 heavy (non-hydrogen) atoms. The van der Waals surface area contributed by atoms with Crippen LogP contribution in [-0.4, -0.2) is 17.8 Å². The van der Waals surface area contributed by atoms with E-state index < -0.39 is 0 Å². The molecule has 1 aliphatic rings. The van der Waals surface area contributed by atoms with Gasteiger partial charge in [0, 0.05) is 36.3 Å². The minimum atomic E-state index is 1.20. The quantitative estimate of drug-likeness (QED) is 0.663. The number of fused-ring (bicyclic) bond motifs is 1. The van der Waals surface area contributed by atoms with E-state index in [1.807, 2.05) is 0 Å². The van der Waals surface area contributed by atoms with E-state index >= 15 is 0 Å². The predicted octanol–water partition coefficient (Wildman–Crippen LogP) is 2.37. The average Bonchev–Trinajstić information content (AvgIpc) is 2.86. The topological polar surface area (TPSA) is 8.17 Å². The van der Waals surface area contributed by atoms with Gasteiger partial charge in [0.2, 0.25) is 0 Å². The highest BCUT2D eigenvalue weighted by Crippen LogP contribution is 2.16. The maximum Gasteiger partial charge on any atom is 0.0345 e. The van der Waals surface area contributed by atoms with Gasteiger partial charge >= 0.3 is 0 Å². The predicted molar refractivity (Wildman–Crippen MR) is 59.1 cm³/mol. The zero-order valence-corrected chi connectivity index (χ0v) is 8.19. The number of rotatable bonds is 1. The molecule has 0 bridgehead atoms. The first-order valence-corrected chi connectivity index (χ1v) is 5.25. The van der Waals surface area contributed by atoms with Gasteiger partial charge in [0.1, 0.15) is 0 Å². The second-order valence-electron chi connectivity index (χ2n) is 3.93. The Morgan fingerprint density at radius 2 is 1.43 bits per heavy atom. The van der Waals surface area contributed by atoms with Crippen LogP contribution in [-0.2, 0) is 0 Å². The highest BCUT2D eigenvalue weighted by Gasteiger charge is 2.11. The van der Waals surface area contributed by atoms with Crippen LogP contribution in [0.1, 0.15) is 12.8 Å². The Bertz CT molecular complexity index is 405. The summed E-state index contributed by atoms with van der Waals surface area (Å²) in [4.78, 5) is 0. The molecular formula is C12H14N2. The average molecular weight is 186 g/mol. The molecule has 72 valence electrons. The van der Waals surface area contributed by atoms with E-state index in [1.165, 1.54) is 36.7 Å². The largest absolute Gasteiger partial charge is 0.313 e. The zero-order valence-electron chi connectivity index (χ0n) is 8.19. The van der Waals surface area contributed by atoms with Crippen LogP contribution >= 0.6 is 0 Å². The molecule has 0 atom stereocenters. The van der Waals surface area contributed by atoms with Crippen molar-refractivity contribution in [2.75, 3.05) is 18.1 Å². The number of hydrogen-bond donors (Lipinski definition) is 0. The monoisotopic (exact) mass is 186 g/mol. The van der Waals surface area contributed by atoms with E-state index in [-0.39, 0.29) is 0 Å². The first kappa shape index (κ1) is 7.92. The molecule has 0 saturated carbocycles. The van der Waals surface area contributed by atoms with E-state index in [9.17, 15) is 0 Å². The molecule has 2 heteroatoms. The van der Waals surface area contributed by atoms with Gasteiger partial charge < -0.3 is 5.01 Å². The maximum absolute atomic E-state index is 2.40. The molecule has 2 heterocycles. The van der Waals surface area contributed by atoms with Gasteiger partial charge in [0.25, 0.3) is 0 Å². The van der Waals surface area contributed by atoms with Crippen molar-refractivity contribution < 1.29 is 0 Å². The van der Waals surface area contributed by atoms with Gasteiger partial charge in [0.15, 0.2) is 0 Å². The number of benzene rings is 1. The fourth-order valence-corrected chi connectivity index (χ4v) is 2.16. The Hall–Kier alpha value is -1.44. The third-order valence-electron chi connectivity index (χ3n) is 2.95. The second-order valence-corrected chi connectivity index (χ2v) is 3.93. The Kier molecular flexibility index (Phi) is 1.72. The Morgan fingerprint density at radius 1 is 0.857 bits per heavy atom. The van der Waals surface area contributed by atoms with E-state index in [0.29, 0.717) is 0 Å². The highest BCUT2D eigenvalue weighted by atomic mass is 15.5. The molecule has 0 radical (unpaired) electrons. The van der Waals surface area contributed by atoms with Gasteiger partial charge in [-0.25, -0.2) is 0 Å². The first-order valence-electron chi connectivity index (χ1n) is 5.25. The molecule has 1 aromatic carbocycles. The lowest BCUT2D eigenvalue weighted by Gasteiger charge is -2.18. The summed E-state index contributed by atoms with van der Waals surface area (Å²) in [5, 5.41) is 5.07. The lowest BCUT2D eigenvalue weighted by atomic mass is 10.2. The Morgan fingerprint density at radius 3 is 2.00 bits per heavy atom. The maximum atomic E-state index is 2.40. The molecule has 1 saturated heterocycles. The van der Waals surface area contributed by atoms with Crippen molar-refractivity contribution in [2.24, 2.45) is 0 Å². The van der Waals surface area contributed by atoms with Gasteiger partial charge in [-0.1, -0.05) is 24.3 Å². The summed E-state index contributed by atoms with van der Waals surface area (Å²) >= 11 is 0. The normalized spacial score (nSPS) is 16.7. The molecule has 0 spiro atoms. The van der Waals surface area contributed by atoms with Gasteiger partial charge in [-0.2, -0.15) is 0 Å². The molecule has 3 rings (SSSR count). The number of nitrogens with zero attached hydrogens (tertiary/aromatic N) is 2. The van der Waals surface area contributed by atoms with Crippen molar-refractivity contribution in [3.05, 3.63) is 36.7 Å². The fourth-order valence-electron chi connectivity index (χ4n) is 2.16. The Labute approximate surface area is 83.7 Å². The van der Waals surface area contributed by atoms with Crippen LogP contribution in [0, 0.1) is 0 Å². The first-order chi connectivity index (χ1) is 6.93. The van der Waals surface area contributed by atoms with Crippen LogP contribution in [0.25, 0.3) is 10.8 Å². The molecule has 2 nitrogen and oxygen atoms in total. The van der Waals surface area contributed by atoms with Crippen LogP contribution in [0.5, 0.6) is 0 Å². The summed E-state index contributed by atoms with van der Waals surface area (Å²) in [6.07, 6.45) is 7.10. The van der Waals surface area contributed by atoms with Gasteiger partial charge in [-0.3, -0.25) is 4.68 Å². The molecule has 1 aliphatic heterocycles. The van der Waals surface area contributed by atoms with Gasteiger partial charge in [0.05, 0.1) is 0 Å². The molecule has 0 unspecified atom stereocenters. The fraction of sp³-hybridized carbons (Fsp3) is 0.333. The molecule has 2 aromatic rings. The minimum absolute atomic E-state index is 1.20. The van der Waals surface area contributed by atoms with Gasteiger partial charge in [-0.05, 0) is 12.8 Å². The molecule has 0 N–H and O–H groups in total. The third kappa shape index (κ3) is 1.18. The lowest BCUT2D eigenvalue weighted by Crippen LogP contribution is -2.29. The van der Waals surface area contributed by atoms with Crippen molar-refractivity contribution in [1.29, 1.82) is 0 Å². The summed E-state index contributed by atoms with van der Waals surface area (Å²) in [7, 11) is 0. The SMILES string of the molecule is c1ccc2cn(N3CCCC3)cc2c1. The highest BCUT2D eigenvalue weighted by molar-refractivity contribution is 5.82. The Balaban J connectivity index is 2.05. The van der Waals surface area contributed by atoms with Crippen LogP contribution in [0.3, 0.4) is 0 Å². The van der Waals surface area contributed by atoms with E-state index in [1.54, 1.807) is 0 Å². The standard InChI is InChI=1S/C12H14N2/c1-2-6-12-10-14(9-11(12)5-1)13-7-3-4-8-13/h1-2,5-6,9-10H,3-4,7-8H2. The van der Waals surface area contributed by atoms with Crippen molar-refractivity contribution in [3.8, 4) is 0 Å². The number of aromatic nitrogens is 1. The molecule has 0 amide bonds. The van der Waals surface area contributed by atoms with Crippen molar-refractivity contribution in [2.45, 2.75) is 12.8 Å². The van der Waals surface area contributed by atoms with E-state index in [2.05, 4.69) is 46.3 Å². The molecular weight excluding hydrogens is 172 g/mol. The summed E-state index contributed by atoms with van der Waals surface area (Å²) in [6.45, 7) is 2.39. The summed E-state index contributed by atoms with van der Waals surface area (Å²) in [5.74, 6) is 0. The molecule has 1 fully saturated rings. The van der Waals surface area contributed by atoms with Crippen molar-refractivity contribution >= 4 is 10.8 Å². The van der Waals surface area contributed by atoms with Crippen molar-refractivity contribution in [1.82, 2.24) is 4.68 Å². The zero-order chi connectivity index (χ0) is 9.38. The second kappa shape index (κ2) is 3.05. The summed E-state index contributed by atoms with van der Waals surface area (Å²) in [5.41, 5.74) is 0. The van der Waals surface area contributed by atoms with Gasteiger partial charge in [-0.15, -0.1) is 0 Å². The molecule has 1 aromatic heterocycles. The van der Waals surface area contributed by atoms with Crippen LogP contribution in [0.4, 0.5) is 0 Å². The van der Waals surface area contributed by atoms with Crippen LogP contribution in [0.15, 0.2) is 36.7 Å². The number of hydrogen-bond acceptors (Lipinski definition) is 1. The summed E-state index contributed by atoms with van der Waals surface area (Å²) in [6, 6.07) is 8.52. The van der Waals surface area contributed by atoms with Crippen molar-refractivity contribution in [3.63, 3.8) is 0 Å². The van der Waals surface area contributed by atoms with E-state index in [0.717, 1.165) is 0 Å². The van der Waals surface area contributed by atoms with Crippen LogP contribution in [0.2, 0.25) is 0 Å².